The zero-order valence-corrected chi connectivity index (χ0v) is 9.25. The summed E-state index contributed by atoms with van der Waals surface area (Å²) >= 11 is 0. The van der Waals surface area contributed by atoms with Crippen LogP contribution in [-0.4, -0.2) is 27.3 Å². The van der Waals surface area contributed by atoms with Crippen LogP contribution in [0.2, 0.25) is 0 Å². The number of benzene rings is 1. The molecule has 3 N–H and O–H groups in total. The summed E-state index contributed by atoms with van der Waals surface area (Å²) in [5.41, 5.74) is 6.54. The van der Waals surface area contributed by atoms with Crippen LogP contribution in [0, 0.1) is 0 Å². The van der Waals surface area contributed by atoms with Crippen molar-refractivity contribution in [2.24, 2.45) is 5.73 Å². The number of hydrogen-bond acceptors (Lipinski definition) is 4. The number of methoxy groups -OCH3 is 2. The van der Waals surface area contributed by atoms with Crippen molar-refractivity contribution in [3.63, 3.8) is 0 Å². The van der Waals surface area contributed by atoms with E-state index in [0.29, 0.717) is 6.54 Å². The van der Waals surface area contributed by atoms with Gasteiger partial charge in [-0.2, -0.15) is 0 Å². The fraction of sp³-hybridized carbons (Fsp3) is 0.455. The first-order valence-electron chi connectivity index (χ1n) is 4.93. The summed E-state index contributed by atoms with van der Waals surface area (Å²) in [5, 5.41) is 3.22. The second kappa shape index (κ2) is 6.27. The molecule has 1 aromatic rings. The third kappa shape index (κ3) is 3.42. The van der Waals surface area contributed by atoms with Gasteiger partial charge in [0.2, 0.25) is 0 Å². The Morgan fingerprint density at radius 2 is 1.93 bits per heavy atom. The first-order chi connectivity index (χ1) is 7.31. The Labute approximate surface area is 90.4 Å². The number of nitrogens with one attached hydrogen (secondary N) is 1. The Bertz CT molecular complexity index is 303. The first-order valence-corrected chi connectivity index (χ1v) is 4.93. The Kier molecular flexibility index (Phi) is 4.93. The molecule has 4 heteroatoms. The minimum absolute atomic E-state index is 0.646. The topological polar surface area (TPSA) is 56.5 Å². The predicted octanol–water partition coefficient (Wildman–Crippen LogP) is 0.752. The fourth-order valence-corrected chi connectivity index (χ4v) is 1.33. The maximum Gasteiger partial charge on any atom is 0.161 e. The van der Waals surface area contributed by atoms with Gasteiger partial charge in [-0.3, -0.25) is 0 Å². The van der Waals surface area contributed by atoms with Crippen LogP contribution < -0.4 is 20.5 Å². The second-order valence-corrected chi connectivity index (χ2v) is 3.15. The molecule has 0 bridgehead atoms. The zero-order valence-electron chi connectivity index (χ0n) is 9.25. The summed E-state index contributed by atoms with van der Waals surface area (Å²) < 4.78 is 10.4. The molecule has 0 heterocycles. The molecule has 0 saturated heterocycles. The van der Waals surface area contributed by atoms with Gasteiger partial charge in [0, 0.05) is 19.6 Å². The molecule has 0 unspecified atom stereocenters. The van der Waals surface area contributed by atoms with E-state index in [1.165, 1.54) is 0 Å². The van der Waals surface area contributed by atoms with Crippen LogP contribution in [0.25, 0.3) is 0 Å². The molecule has 0 aliphatic heterocycles. The average molecular weight is 210 g/mol. The first kappa shape index (κ1) is 11.8. The number of ether oxygens (including phenoxy) is 2. The van der Waals surface area contributed by atoms with Gasteiger partial charge in [0.25, 0.3) is 0 Å². The highest BCUT2D eigenvalue weighted by molar-refractivity contribution is 5.42. The van der Waals surface area contributed by atoms with E-state index in [1.54, 1.807) is 14.2 Å². The van der Waals surface area contributed by atoms with Gasteiger partial charge in [-0.1, -0.05) is 6.07 Å². The summed E-state index contributed by atoms with van der Waals surface area (Å²) in [6.45, 7) is 2.25. The average Bonchev–Trinajstić information content (AvgIpc) is 2.29. The van der Waals surface area contributed by atoms with E-state index in [0.717, 1.165) is 30.2 Å². The summed E-state index contributed by atoms with van der Waals surface area (Å²) in [4.78, 5) is 0. The van der Waals surface area contributed by atoms with Gasteiger partial charge in [0.15, 0.2) is 11.5 Å². The van der Waals surface area contributed by atoms with E-state index in [9.17, 15) is 0 Å². The Balaban J connectivity index is 2.66. The molecule has 0 aromatic heterocycles. The lowest BCUT2D eigenvalue weighted by Crippen LogP contribution is -2.21. The lowest BCUT2D eigenvalue weighted by molar-refractivity contribution is 0.354. The van der Waals surface area contributed by atoms with Crippen molar-refractivity contribution in [2.75, 3.05) is 27.3 Å². The molecule has 0 atom stereocenters. The quantitative estimate of drug-likeness (QED) is 0.680. The van der Waals surface area contributed by atoms with E-state index in [4.69, 9.17) is 15.2 Å². The molecule has 1 aromatic carbocycles. The monoisotopic (exact) mass is 210 g/mol. The summed E-state index contributed by atoms with van der Waals surface area (Å²) in [7, 11) is 3.26. The van der Waals surface area contributed by atoms with Crippen LogP contribution in [0.4, 0.5) is 0 Å². The molecule has 15 heavy (non-hydrogen) atoms. The highest BCUT2D eigenvalue weighted by atomic mass is 16.5. The molecule has 84 valence electrons. The lowest BCUT2D eigenvalue weighted by Gasteiger charge is -2.09. The molecular formula is C11H18N2O2. The summed E-state index contributed by atoms with van der Waals surface area (Å²) in [5.74, 6) is 1.50. The van der Waals surface area contributed by atoms with Crippen molar-refractivity contribution in [1.82, 2.24) is 5.32 Å². The van der Waals surface area contributed by atoms with Gasteiger partial charge in [-0.15, -0.1) is 0 Å². The van der Waals surface area contributed by atoms with Gasteiger partial charge in [0.1, 0.15) is 0 Å². The van der Waals surface area contributed by atoms with E-state index >= 15 is 0 Å². The Hall–Kier alpha value is -1.26. The van der Waals surface area contributed by atoms with Crippen LogP contribution in [0.1, 0.15) is 5.56 Å². The van der Waals surface area contributed by atoms with Crippen molar-refractivity contribution in [1.29, 1.82) is 0 Å². The molecule has 0 saturated carbocycles. The standard InChI is InChI=1S/C11H18N2O2/c1-14-10-4-3-9(7-11(10)15-2)8-13-6-5-12/h3-4,7,13H,5-6,8,12H2,1-2H3. The lowest BCUT2D eigenvalue weighted by atomic mass is 10.2. The van der Waals surface area contributed by atoms with E-state index in [-0.39, 0.29) is 0 Å². The SMILES string of the molecule is COc1ccc(CNCCN)cc1OC. The van der Waals surface area contributed by atoms with Crippen LogP contribution in [-0.2, 0) is 6.54 Å². The molecule has 0 aliphatic rings. The van der Waals surface area contributed by atoms with Gasteiger partial charge in [0.05, 0.1) is 14.2 Å². The summed E-state index contributed by atoms with van der Waals surface area (Å²) in [6, 6.07) is 5.87. The van der Waals surface area contributed by atoms with Crippen molar-refractivity contribution in [2.45, 2.75) is 6.54 Å². The Morgan fingerprint density at radius 3 is 2.53 bits per heavy atom. The smallest absolute Gasteiger partial charge is 0.161 e. The zero-order chi connectivity index (χ0) is 11.1. The van der Waals surface area contributed by atoms with Crippen LogP contribution in [0.5, 0.6) is 11.5 Å². The molecule has 0 amide bonds. The van der Waals surface area contributed by atoms with E-state index in [2.05, 4.69) is 5.32 Å². The van der Waals surface area contributed by atoms with Crippen molar-refractivity contribution >= 4 is 0 Å². The maximum atomic E-state index is 5.39. The number of nitrogens with two attached hydrogens (primary N) is 1. The van der Waals surface area contributed by atoms with Crippen molar-refractivity contribution in [3.05, 3.63) is 23.8 Å². The molecule has 4 nitrogen and oxygen atoms in total. The molecule has 0 aliphatic carbocycles. The molecular weight excluding hydrogens is 192 g/mol. The molecule has 0 radical (unpaired) electrons. The number of rotatable bonds is 6. The fourth-order valence-electron chi connectivity index (χ4n) is 1.33. The third-order valence-corrected chi connectivity index (χ3v) is 2.10. The van der Waals surface area contributed by atoms with Crippen LogP contribution >= 0.6 is 0 Å². The summed E-state index contributed by atoms with van der Waals surface area (Å²) in [6.07, 6.45) is 0. The third-order valence-electron chi connectivity index (χ3n) is 2.10. The van der Waals surface area contributed by atoms with E-state index in [1.807, 2.05) is 18.2 Å². The van der Waals surface area contributed by atoms with Gasteiger partial charge in [-0.25, -0.2) is 0 Å². The minimum atomic E-state index is 0.646. The highest BCUT2D eigenvalue weighted by Crippen LogP contribution is 2.27. The minimum Gasteiger partial charge on any atom is -0.493 e. The molecule has 0 fully saturated rings. The van der Waals surface area contributed by atoms with E-state index < -0.39 is 0 Å². The normalized spacial score (nSPS) is 10.1. The van der Waals surface area contributed by atoms with Crippen LogP contribution in [0.15, 0.2) is 18.2 Å². The maximum absolute atomic E-state index is 5.39. The van der Waals surface area contributed by atoms with Crippen LogP contribution in [0.3, 0.4) is 0 Å². The number of hydrogen-bond donors (Lipinski definition) is 2. The van der Waals surface area contributed by atoms with Gasteiger partial charge in [-0.05, 0) is 17.7 Å². The largest absolute Gasteiger partial charge is 0.493 e. The predicted molar refractivity (Wildman–Crippen MR) is 60.3 cm³/mol. The highest BCUT2D eigenvalue weighted by Gasteiger charge is 2.03. The Morgan fingerprint density at radius 1 is 1.20 bits per heavy atom. The van der Waals surface area contributed by atoms with Crippen molar-refractivity contribution in [3.8, 4) is 11.5 Å². The van der Waals surface area contributed by atoms with Gasteiger partial charge < -0.3 is 20.5 Å². The van der Waals surface area contributed by atoms with Gasteiger partial charge >= 0.3 is 0 Å². The van der Waals surface area contributed by atoms with Crippen molar-refractivity contribution < 1.29 is 9.47 Å². The molecule has 0 spiro atoms. The molecule has 1 rings (SSSR count). The second-order valence-electron chi connectivity index (χ2n) is 3.15.